The number of rotatable bonds is 7. The van der Waals surface area contributed by atoms with Gasteiger partial charge in [-0.1, -0.05) is 55.0 Å². The van der Waals surface area contributed by atoms with Gasteiger partial charge >= 0.3 is 0 Å². The Morgan fingerprint density at radius 3 is 2.57 bits per heavy atom. The number of thiazole rings is 1. The lowest BCUT2D eigenvalue weighted by Gasteiger charge is -2.06. The molecule has 2 heterocycles. The molecular formula is C20H20N4O3S. The van der Waals surface area contributed by atoms with Gasteiger partial charge < -0.3 is 0 Å². The smallest absolute Gasteiger partial charge is 0.277 e. The maximum atomic E-state index is 12.6. The normalized spacial score (nSPS) is 10.6. The number of unbranched alkanes of at least 4 members (excludes halogenated alkanes) is 1. The van der Waals surface area contributed by atoms with E-state index in [1.165, 1.54) is 23.7 Å². The average molecular weight is 396 g/mol. The number of nitrogens with one attached hydrogen (secondary N) is 1. The fraction of sp³-hybridized carbons (Fsp3) is 0.250. The number of carbonyl (C=O) groups is 2. The molecule has 0 spiro atoms. The minimum atomic E-state index is -0.478. The van der Waals surface area contributed by atoms with E-state index in [4.69, 9.17) is 0 Å². The third-order valence-electron chi connectivity index (χ3n) is 4.04. The summed E-state index contributed by atoms with van der Waals surface area (Å²) in [4.78, 5) is 41.3. The summed E-state index contributed by atoms with van der Waals surface area (Å²) < 4.78 is 1.29. The SMILES string of the molecule is CCCCn1nc(C(=O)Nc2nc(-c3ccccc3)c(C(C)=O)s2)ccc1=O. The zero-order valence-corrected chi connectivity index (χ0v) is 16.5. The first-order chi connectivity index (χ1) is 13.5. The van der Waals surface area contributed by atoms with Crippen molar-refractivity contribution in [1.29, 1.82) is 0 Å². The molecule has 0 aliphatic carbocycles. The van der Waals surface area contributed by atoms with Gasteiger partial charge in [0, 0.05) is 25.1 Å². The Bertz CT molecular complexity index is 1060. The van der Waals surface area contributed by atoms with Crippen LogP contribution in [0.3, 0.4) is 0 Å². The first-order valence-corrected chi connectivity index (χ1v) is 9.78. The van der Waals surface area contributed by atoms with E-state index in [1.807, 2.05) is 37.3 Å². The predicted molar refractivity (Wildman–Crippen MR) is 109 cm³/mol. The Hall–Kier alpha value is -3.13. The van der Waals surface area contributed by atoms with Crippen molar-refractivity contribution < 1.29 is 9.59 Å². The summed E-state index contributed by atoms with van der Waals surface area (Å²) in [5.41, 5.74) is 1.21. The van der Waals surface area contributed by atoms with Crippen molar-refractivity contribution in [3.8, 4) is 11.3 Å². The van der Waals surface area contributed by atoms with E-state index in [0.29, 0.717) is 22.2 Å². The molecular weight excluding hydrogens is 376 g/mol. The number of carbonyl (C=O) groups excluding carboxylic acids is 2. The second-order valence-corrected chi connectivity index (χ2v) is 7.21. The molecule has 8 heteroatoms. The molecule has 3 aromatic rings. The number of hydrogen-bond donors (Lipinski definition) is 1. The van der Waals surface area contributed by atoms with Crippen LogP contribution in [0.4, 0.5) is 5.13 Å². The molecule has 1 aromatic carbocycles. The third kappa shape index (κ3) is 4.40. The van der Waals surface area contributed by atoms with E-state index in [1.54, 1.807) is 0 Å². The van der Waals surface area contributed by atoms with Gasteiger partial charge in [0.15, 0.2) is 10.9 Å². The van der Waals surface area contributed by atoms with Crippen LogP contribution in [-0.2, 0) is 6.54 Å². The monoisotopic (exact) mass is 396 g/mol. The van der Waals surface area contributed by atoms with E-state index >= 15 is 0 Å². The van der Waals surface area contributed by atoms with Crippen LogP contribution in [0.2, 0.25) is 0 Å². The fourth-order valence-electron chi connectivity index (χ4n) is 2.60. The molecule has 0 bridgehead atoms. The summed E-state index contributed by atoms with van der Waals surface area (Å²) in [7, 11) is 0. The van der Waals surface area contributed by atoms with Crippen molar-refractivity contribution in [2.24, 2.45) is 0 Å². The molecule has 0 aliphatic rings. The standard InChI is InChI=1S/C20H20N4O3S/c1-3-4-12-24-16(26)11-10-15(23-24)19(27)22-20-21-17(18(28-20)13(2)25)14-8-6-5-7-9-14/h5-11H,3-4,12H2,1-2H3,(H,21,22,27). The van der Waals surface area contributed by atoms with Crippen molar-refractivity contribution in [3.05, 3.63) is 63.4 Å². The van der Waals surface area contributed by atoms with Crippen LogP contribution in [0, 0.1) is 0 Å². The van der Waals surface area contributed by atoms with E-state index < -0.39 is 5.91 Å². The number of aromatic nitrogens is 3. The van der Waals surface area contributed by atoms with E-state index in [9.17, 15) is 14.4 Å². The maximum absolute atomic E-state index is 12.6. The van der Waals surface area contributed by atoms with E-state index in [-0.39, 0.29) is 17.0 Å². The van der Waals surface area contributed by atoms with Crippen molar-refractivity contribution >= 4 is 28.2 Å². The van der Waals surface area contributed by atoms with Crippen LogP contribution >= 0.6 is 11.3 Å². The van der Waals surface area contributed by atoms with Crippen LogP contribution in [0.5, 0.6) is 0 Å². The van der Waals surface area contributed by atoms with Crippen LogP contribution in [0.1, 0.15) is 46.8 Å². The summed E-state index contributed by atoms with van der Waals surface area (Å²) in [6.07, 6.45) is 1.71. The van der Waals surface area contributed by atoms with Gasteiger partial charge in [-0.15, -0.1) is 0 Å². The first kappa shape index (κ1) is 19.6. The van der Waals surface area contributed by atoms with Crippen LogP contribution < -0.4 is 10.9 Å². The fourth-order valence-corrected chi connectivity index (χ4v) is 3.48. The number of anilines is 1. The highest BCUT2D eigenvalue weighted by molar-refractivity contribution is 7.18. The summed E-state index contributed by atoms with van der Waals surface area (Å²) in [5.74, 6) is -0.600. The van der Waals surface area contributed by atoms with Crippen molar-refractivity contribution in [2.75, 3.05) is 5.32 Å². The quantitative estimate of drug-likeness (QED) is 0.616. The summed E-state index contributed by atoms with van der Waals surface area (Å²) in [6.45, 7) is 3.94. The lowest BCUT2D eigenvalue weighted by Crippen LogP contribution is -2.26. The van der Waals surface area contributed by atoms with Crippen molar-refractivity contribution in [2.45, 2.75) is 33.2 Å². The molecule has 0 saturated carbocycles. The summed E-state index contributed by atoms with van der Waals surface area (Å²) in [6, 6.07) is 12.0. The highest BCUT2D eigenvalue weighted by atomic mass is 32.1. The van der Waals surface area contributed by atoms with Gasteiger partial charge in [0.2, 0.25) is 0 Å². The number of benzene rings is 1. The van der Waals surface area contributed by atoms with Gasteiger partial charge in [0.25, 0.3) is 11.5 Å². The lowest BCUT2D eigenvalue weighted by molar-refractivity contribution is 0.101. The number of hydrogen-bond acceptors (Lipinski definition) is 6. The zero-order valence-electron chi connectivity index (χ0n) is 15.6. The van der Waals surface area contributed by atoms with Crippen LogP contribution in [0.25, 0.3) is 11.3 Å². The zero-order chi connectivity index (χ0) is 20.1. The van der Waals surface area contributed by atoms with Crippen LogP contribution in [0.15, 0.2) is 47.3 Å². The molecule has 1 N–H and O–H groups in total. The second-order valence-electron chi connectivity index (χ2n) is 6.21. The van der Waals surface area contributed by atoms with E-state index in [0.717, 1.165) is 29.7 Å². The largest absolute Gasteiger partial charge is 0.296 e. The first-order valence-electron chi connectivity index (χ1n) is 8.96. The number of ketones is 1. The van der Waals surface area contributed by atoms with Gasteiger partial charge in [-0.25, -0.2) is 9.67 Å². The second kappa shape index (κ2) is 8.71. The number of Topliss-reactive ketones (excluding diaryl/α,β-unsaturated/α-hetero) is 1. The molecule has 0 aliphatic heterocycles. The minimum Gasteiger partial charge on any atom is -0.296 e. The molecule has 0 unspecified atom stereocenters. The highest BCUT2D eigenvalue weighted by Gasteiger charge is 2.19. The van der Waals surface area contributed by atoms with Gasteiger partial charge in [0.1, 0.15) is 5.69 Å². The maximum Gasteiger partial charge on any atom is 0.277 e. The lowest BCUT2D eigenvalue weighted by atomic mass is 10.1. The molecule has 0 saturated heterocycles. The number of aryl methyl sites for hydroxylation is 1. The third-order valence-corrected chi connectivity index (χ3v) is 5.11. The molecule has 144 valence electrons. The molecule has 1 amide bonds. The summed E-state index contributed by atoms with van der Waals surface area (Å²) in [5, 5.41) is 7.12. The minimum absolute atomic E-state index is 0.122. The molecule has 0 atom stereocenters. The number of amides is 1. The Kier molecular flexibility index (Phi) is 6.10. The van der Waals surface area contributed by atoms with Crippen molar-refractivity contribution in [1.82, 2.24) is 14.8 Å². The van der Waals surface area contributed by atoms with Crippen LogP contribution in [-0.4, -0.2) is 26.5 Å². The van der Waals surface area contributed by atoms with Crippen molar-refractivity contribution in [3.63, 3.8) is 0 Å². The molecule has 2 aromatic heterocycles. The van der Waals surface area contributed by atoms with Gasteiger partial charge in [-0.2, -0.15) is 5.10 Å². The predicted octanol–water partition coefficient (Wildman–Crippen LogP) is 3.62. The molecule has 7 nitrogen and oxygen atoms in total. The summed E-state index contributed by atoms with van der Waals surface area (Å²) >= 11 is 1.12. The van der Waals surface area contributed by atoms with E-state index in [2.05, 4.69) is 15.4 Å². The van der Waals surface area contributed by atoms with Gasteiger partial charge in [-0.05, 0) is 12.5 Å². The molecule has 0 radical (unpaired) electrons. The highest BCUT2D eigenvalue weighted by Crippen LogP contribution is 2.31. The molecule has 28 heavy (non-hydrogen) atoms. The number of nitrogens with zero attached hydrogens (tertiary/aromatic N) is 3. The van der Waals surface area contributed by atoms with Gasteiger partial charge in [-0.3, -0.25) is 19.7 Å². The molecule has 3 rings (SSSR count). The Morgan fingerprint density at radius 1 is 1.14 bits per heavy atom. The molecule has 0 fully saturated rings. The Morgan fingerprint density at radius 2 is 1.89 bits per heavy atom. The average Bonchev–Trinajstić information content (AvgIpc) is 3.12. The topological polar surface area (TPSA) is 93.9 Å². The Labute approximate surface area is 166 Å². The Balaban J connectivity index is 1.87. The van der Waals surface area contributed by atoms with Gasteiger partial charge in [0.05, 0.1) is 10.6 Å².